The molecule has 1 rings (SSSR count). The highest BCUT2D eigenvalue weighted by Gasteiger charge is 2.01. The Morgan fingerprint density at radius 2 is 2.29 bits per heavy atom. The summed E-state index contributed by atoms with van der Waals surface area (Å²) in [4.78, 5) is 11.0. The van der Waals surface area contributed by atoms with Crippen molar-refractivity contribution in [2.24, 2.45) is 0 Å². The molecule has 1 aromatic rings. The van der Waals surface area contributed by atoms with Crippen LogP contribution in [-0.4, -0.2) is 19.5 Å². The third-order valence-corrected chi connectivity index (χ3v) is 2.98. The number of rotatable bonds is 3. The molecule has 0 aromatic heterocycles. The van der Waals surface area contributed by atoms with E-state index in [1.54, 1.807) is 7.05 Å². The van der Waals surface area contributed by atoms with E-state index < -0.39 is 0 Å². The number of hydrogen-bond acceptors (Lipinski definition) is 2. The Morgan fingerprint density at radius 1 is 1.57 bits per heavy atom. The molecule has 0 fully saturated rings. The topological polar surface area (TPSA) is 41.1 Å². The van der Waals surface area contributed by atoms with E-state index in [9.17, 15) is 4.79 Å². The molecule has 0 saturated heterocycles. The van der Waals surface area contributed by atoms with Crippen molar-refractivity contribution in [2.45, 2.75) is 0 Å². The highest BCUT2D eigenvalue weighted by atomic mass is 127. The zero-order valence-corrected chi connectivity index (χ0v) is 11.3. The molecule has 5 heteroatoms. The second kappa shape index (κ2) is 5.55. The molecule has 0 radical (unpaired) electrons. The molecule has 2 N–H and O–H groups in total. The number of benzene rings is 1. The molecule has 0 atom stereocenters. The number of anilines is 1. The largest absolute Gasteiger partial charge is 0.375 e. The van der Waals surface area contributed by atoms with E-state index in [-0.39, 0.29) is 12.5 Å². The van der Waals surface area contributed by atoms with Crippen molar-refractivity contribution in [1.29, 1.82) is 0 Å². The van der Waals surface area contributed by atoms with E-state index in [0.717, 1.165) is 13.7 Å². The van der Waals surface area contributed by atoms with Crippen LogP contribution in [0.15, 0.2) is 22.7 Å². The molecule has 1 aromatic carbocycles. The van der Waals surface area contributed by atoms with Crippen molar-refractivity contribution in [3.63, 3.8) is 0 Å². The van der Waals surface area contributed by atoms with Gasteiger partial charge in [-0.3, -0.25) is 4.79 Å². The van der Waals surface area contributed by atoms with Gasteiger partial charge in [0.15, 0.2) is 0 Å². The zero-order valence-electron chi connectivity index (χ0n) is 7.60. The molecule has 0 aliphatic rings. The van der Waals surface area contributed by atoms with Crippen LogP contribution in [0.3, 0.4) is 0 Å². The predicted molar refractivity (Wildman–Crippen MR) is 69.4 cm³/mol. The first-order valence-electron chi connectivity index (χ1n) is 4.03. The van der Waals surface area contributed by atoms with Crippen molar-refractivity contribution in [1.82, 2.24) is 5.32 Å². The van der Waals surface area contributed by atoms with E-state index in [2.05, 4.69) is 49.2 Å². The molecule has 1 amide bonds. The van der Waals surface area contributed by atoms with Gasteiger partial charge >= 0.3 is 0 Å². The Balaban J connectivity index is 2.63. The van der Waals surface area contributed by atoms with Crippen LogP contribution in [-0.2, 0) is 4.79 Å². The van der Waals surface area contributed by atoms with Crippen LogP contribution in [0.4, 0.5) is 5.69 Å². The fourth-order valence-corrected chi connectivity index (χ4v) is 2.33. The zero-order chi connectivity index (χ0) is 10.6. The predicted octanol–water partition coefficient (Wildman–Crippen LogP) is 2.21. The third-order valence-electron chi connectivity index (χ3n) is 1.65. The number of amides is 1. The van der Waals surface area contributed by atoms with Gasteiger partial charge in [-0.05, 0) is 56.7 Å². The van der Waals surface area contributed by atoms with Gasteiger partial charge in [0.1, 0.15) is 0 Å². The van der Waals surface area contributed by atoms with Crippen molar-refractivity contribution in [3.05, 3.63) is 26.2 Å². The summed E-state index contributed by atoms with van der Waals surface area (Å²) in [5, 5.41) is 5.58. The number of likely N-dealkylation sites (N-methyl/N-ethyl adjacent to an activating group) is 1. The highest BCUT2D eigenvalue weighted by Crippen LogP contribution is 2.23. The Morgan fingerprint density at radius 3 is 2.86 bits per heavy atom. The first kappa shape index (κ1) is 11.8. The van der Waals surface area contributed by atoms with E-state index >= 15 is 0 Å². The summed E-state index contributed by atoms with van der Waals surface area (Å²) in [6.45, 7) is 0.287. The SMILES string of the molecule is CNC(=O)CNc1ccc(I)cc1Br. The third kappa shape index (κ3) is 3.45. The van der Waals surface area contributed by atoms with Crippen LogP contribution in [0.1, 0.15) is 0 Å². The van der Waals surface area contributed by atoms with Gasteiger partial charge in [-0.25, -0.2) is 0 Å². The normalized spacial score (nSPS) is 9.64. The van der Waals surface area contributed by atoms with Gasteiger partial charge in [0.05, 0.1) is 6.54 Å². The highest BCUT2D eigenvalue weighted by molar-refractivity contribution is 14.1. The second-order valence-corrected chi connectivity index (χ2v) is 4.75. The lowest BCUT2D eigenvalue weighted by atomic mass is 10.3. The average Bonchev–Trinajstić information content (AvgIpc) is 2.16. The Bertz CT molecular complexity index is 344. The number of hydrogen-bond donors (Lipinski definition) is 2. The maximum absolute atomic E-state index is 11.0. The van der Waals surface area contributed by atoms with Crippen molar-refractivity contribution >= 4 is 50.1 Å². The lowest BCUT2D eigenvalue weighted by Crippen LogP contribution is -2.26. The summed E-state index contributed by atoms with van der Waals surface area (Å²) in [5.41, 5.74) is 0.925. The summed E-state index contributed by atoms with van der Waals surface area (Å²) in [7, 11) is 1.62. The quantitative estimate of drug-likeness (QED) is 0.803. The monoisotopic (exact) mass is 368 g/mol. The Kier molecular flexibility index (Phi) is 4.67. The molecular weight excluding hydrogens is 359 g/mol. The van der Waals surface area contributed by atoms with Gasteiger partial charge in [-0.2, -0.15) is 0 Å². The van der Waals surface area contributed by atoms with Crippen molar-refractivity contribution in [2.75, 3.05) is 18.9 Å². The van der Waals surface area contributed by atoms with E-state index in [1.807, 2.05) is 18.2 Å². The molecule has 0 aliphatic heterocycles. The maximum Gasteiger partial charge on any atom is 0.239 e. The van der Waals surface area contributed by atoms with Crippen LogP contribution in [0, 0.1) is 3.57 Å². The summed E-state index contributed by atoms with van der Waals surface area (Å²) in [6, 6.07) is 5.92. The molecule has 0 aliphatic carbocycles. The minimum atomic E-state index is -0.0320. The molecule has 0 unspecified atom stereocenters. The molecule has 0 bridgehead atoms. The number of carbonyl (C=O) groups is 1. The lowest BCUT2D eigenvalue weighted by Gasteiger charge is -2.07. The first-order chi connectivity index (χ1) is 6.63. The minimum Gasteiger partial charge on any atom is -0.375 e. The Hall–Kier alpha value is -0.300. The van der Waals surface area contributed by atoms with Crippen molar-refractivity contribution < 1.29 is 4.79 Å². The van der Waals surface area contributed by atoms with Crippen LogP contribution < -0.4 is 10.6 Å². The van der Waals surface area contributed by atoms with Crippen LogP contribution >= 0.6 is 38.5 Å². The van der Waals surface area contributed by atoms with Crippen LogP contribution in [0.25, 0.3) is 0 Å². The van der Waals surface area contributed by atoms with Gasteiger partial charge in [-0.1, -0.05) is 0 Å². The van der Waals surface area contributed by atoms with Crippen LogP contribution in [0.2, 0.25) is 0 Å². The average molecular weight is 369 g/mol. The molecule has 76 valence electrons. The molecular formula is C9H10BrIN2O. The van der Waals surface area contributed by atoms with Gasteiger partial charge in [0.2, 0.25) is 5.91 Å². The molecule has 3 nitrogen and oxygen atoms in total. The fraction of sp³-hybridized carbons (Fsp3) is 0.222. The van der Waals surface area contributed by atoms with E-state index in [1.165, 1.54) is 0 Å². The summed E-state index contributed by atoms with van der Waals surface area (Å²) >= 11 is 5.65. The molecule has 0 saturated carbocycles. The number of nitrogens with one attached hydrogen (secondary N) is 2. The molecule has 14 heavy (non-hydrogen) atoms. The summed E-state index contributed by atoms with van der Waals surface area (Å²) in [6.07, 6.45) is 0. The second-order valence-electron chi connectivity index (χ2n) is 2.65. The molecule has 0 heterocycles. The lowest BCUT2D eigenvalue weighted by molar-refractivity contribution is -0.118. The van der Waals surface area contributed by atoms with Crippen LogP contribution in [0.5, 0.6) is 0 Å². The van der Waals surface area contributed by atoms with Gasteiger partial charge < -0.3 is 10.6 Å². The minimum absolute atomic E-state index is 0.0320. The van der Waals surface area contributed by atoms with E-state index in [4.69, 9.17) is 0 Å². The van der Waals surface area contributed by atoms with Gasteiger partial charge in [0, 0.05) is 20.8 Å². The number of carbonyl (C=O) groups excluding carboxylic acids is 1. The Labute approximate surface area is 105 Å². The smallest absolute Gasteiger partial charge is 0.239 e. The molecule has 0 spiro atoms. The van der Waals surface area contributed by atoms with E-state index in [0.29, 0.717) is 0 Å². The van der Waals surface area contributed by atoms with Crippen molar-refractivity contribution in [3.8, 4) is 0 Å². The maximum atomic E-state index is 11.0. The fourth-order valence-electron chi connectivity index (χ4n) is 0.897. The van der Waals surface area contributed by atoms with Gasteiger partial charge in [0.25, 0.3) is 0 Å². The summed E-state index contributed by atoms with van der Waals surface area (Å²) < 4.78 is 2.12. The standard InChI is InChI=1S/C9H10BrIN2O/c1-12-9(14)5-13-8-3-2-6(11)4-7(8)10/h2-4,13H,5H2,1H3,(H,12,14). The number of halogens is 2. The summed E-state index contributed by atoms with van der Waals surface area (Å²) in [5.74, 6) is -0.0320. The first-order valence-corrected chi connectivity index (χ1v) is 5.90. The van der Waals surface area contributed by atoms with Gasteiger partial charge in [-0.15, -0.1) is 0 Å².